The maximum atomic E-state index is 13.6. The van der Waals surface area contributed by atoms with Crippen LogP contribution in [0.15, 0.2) is 18.2 Å². The van der Waals surface area contributed by atoms with Crippen LogP contribution in [-0.4, -0.2) is 18.1 Å². The Morgan fingerprint density at radius 1 is 1.43 bits per heavy atom. The van der Waals surface area contributed by atoms with Crippen molar-refractivity contribution in [1.29, 1.82) is 0 Å². The number of hydrogen-bond donors (Lipinski definition) is 1. The minimum absolute atomic E-state index is 0.00190. The van der Waals surface area contributed by atoms with E-state index in [2.05, 4.69) is 5.32 Å². The number of hydrogen-bond acceptors (Lipinski definition) is 2. The van der Waals surface area contributed by atoms with Gasteiger partial charge in [-0.3, -0.25) is 4.79 Å². The van der Waals surface area contributed by atoms with E-state index in [9.17, 15) is 22.4 Å². The van der Waals surface area contributed by atoms with Gasteiger partial charge in [0.2, 0.25) is 0 Å². The number of benzene rings is 1. The lowest BCUT2D eigenvalue weighted by molar-refractivity contribution is -0.140. The van der Waals surface area contributed by atoms with Gasteiger partial charge in [-0.05, 0) is 31.9 Å². The van der Waals surface area contributed by atoms with Gasteiger partial charge in [0, 0.05) is 18.7 Å². The van der Waals surface area contributed by atoms with E-state index in [1.165, 1.54) is 0 Å². The summed E-state index contributed by atoms with van der Waals surface area (Å²) in [6, 6.07) is 2.24. The van der Waals surface area contributed by atoms with Crippen molar-refractivity contribution >= 4 is 5.91 Å². The zero-order valence-corrected chi connectivity index (χ0v) is 11.4. The molecule has 7 heteroatoms. The molecule has 0 radical (unpaired) electrons. The van der Waals surface area contributed by atoms with E-state index in [0.717, 1.165) is 18.6 Å². The van der Waals surface area contributed by atoms with Gasteiger partial charge in [-0.1, -0.05) is 6.07 Å². The monoisotopic (exact) mass is 305 g/mol. The second-order valence-corrected chi connectivity index (χ2v) is 5.17. The summed E-state index contributed by atoms with van der Waals surface area (Å²) in [7, 11) is 0. The molecule has 0 bridgehead atoms. The largest absolute Gasteiger partial charge is 0.416 e. The highest BCUT2D eigenvalue weighted by Gasteiger charge is 2.37. The van der Waals surface area contributed by atoms with Crippen LogP contribution in [-0.2, 0) is 22.3 Å². The normalized spacial score (nSPS) is 22.3. The summed E-state index contributed by atoms with van der Waals surface area (Å²) in [6.07, 6.45) is -3.26. The van der Waals surface area contributed by atoms with Crippen LogP contribution in [0.3, 0.4) is 0 Å². The molecule has 0 saturated carbocycles. The van der Waals surface area contributed by atoms with E-state index in [1.54, 1.807) is 6.92 Å². The molecule has 1 fully saturated rings. The highest BCUT2D eigenvalue weighted by atomic mass is 19.4. The molecule has 1 N–H and O–H groups in total. The number of amides is 1. The van der Waals surface area contributed by atoms with Crippen LogP contribution in [0.5, 0.6) is 0 Å². The van der Waals surface area contributed by atoms with Gasteiger partial charge in [-0.15, -0.1) is 0 Å². The van der Waals surface area contributed by atoms with Crippen LogP contribution in [0.1, 0.15) is 30.9 Å². The summed E-state index contributed by atoms with van der Waals surface area (Å²) in [5, 5.41) is 2.50. The van der Waals surface area contributed by atoms with Crippen molar-refractivity contribution in [1.82, 2.24) is 5.32 Å². The van der Waals surface area contributed by atoms with Crippen molar-refractivity contribution in [3.8, 4) is 0 Å². The molecule has 0 aliphatic carbocycles. The molecule has 1 aliphatic rings. The third-order valence-electron chi connectivity index (χ3n) is 3.52. The average molecular weight is 305 g/mol. The molecule has 1 atom stereocenters. The smallest absolute Gasteiger partial charge is 0.365 e. The standard InChI is InChI=1S/C14H15F4NO2/c1-13(5-2-6-21-13)12(20)19-8-9-3-4-10(7-11(9)15)14(16,17)18/h3-4,7H,2,5-6,8H2,1H3,(H,19,20). The van der Waals surface area contributed by atoms with E-state index < -0.39 is 23.2 Å². The Bertz CT molecular complexity index is 536. The van der Waals surface area contributed by atoms with E-state index in [0.29, 0.717) is 19.1 Å². The van der Waals surface area contributed by atoms with Gasteiger partial charge in [-0.25, -0.2) is 4.39 Å². The van der Waals surface area contributed by atoms with Gasteiger partial charge in [0.25, 0.3) is 5.91 Å². The quantitative estimate of drug-likeness (QED) is 0.872. The molecular formula is C14H15F4NO2. The number of ether oxygens (including phenoxy) is 1. The fourth-order valence-electron chi connectivity index (χ4n) is 2.19. The molecule has 0 aromatic heterocycles. The van der Waals surface area contributed by atoms with Gasteiger partial charge in [0.15, 0.2) is 0 Å². The number of alkyl halides is 3. The molecule has 1 heterocycles. The first-order chi connectivity index (χ1) is 9.72. The lowest BCUT2D eigenvalue weighted by Crippen LogP contribution is -2.43. The second-order valence-electron chi connectivity index (χ2n) is 5.17. The Hall–Kier alpha value is -1.63. The van der Waals surface area contributed by atoms with Crippen LogP contribution >= 0.6 is 0 Å². The summed E-state index contributed by atoms with van der Waals surface area (Å²) in [5.74, 6) is -1.39. The van der Waals surface area contributed by atoms with E-state index >= 15 is 0 Å². The van der Waals surface area contributed by atoms with Crippen molar-refractivity contribution in [2.24, 2.45) is 0 Å². The summed E-state index contributed by atoms with van der Waals surface area (Å²) in [4.78, 5) is 11.9. The number of halogens is 4. The topological polar surface area (TPSA) is 38.3 Å². The Morgan fingerprint density at radius 2 is 2.14 bits per heavy atom. The van der Waals surface area contributed by atoms with Gasteiger partial charge < -0.3 is 10.1 Å². The minimum Gasteiger partial charge on any atom is -0.365 e. The van der Waals surface area contributed by atoms with Gasteiger partial charge in [0.1, 0.15) is 11.4 Å². The Morgan fingerprint density at radius 3 is 2.67 bits per heavy atom. The Labute approximate surface area is 119 Å². The average Bonchev–Trinajstić information content (AvgIpc) is 2.84. The summed E-state index contributed by atoms with van der Waals surface area (Å²) in [5.41, 5.74) is -2.00. The van der Waals surface area contributed by atoms with E-state index in [4.69, 9.17) is 4.74 Å². The lowest BCUT2D eigenvalue weighted by Gasteiger charge is -2.22. The summed E-state index contributed by atoms with van der Waals surface area (Å²) >= 11 is 0. The highest BCUT2D eigenvalue weighted by molar-refractivity contribution is 5.84. The minimum atomic E-state index is -4.59. The first kappa shape index (κ1) is 15.8. The van der Waals surface area contributed by atoms with Crippen molar-refractivity contribution in [3.05, 3.63) is 35.1 Å². The number of carbonyl (C=O) groups is 1. The van der Waals surface area contributed by atoms with Gasteiger partial charge in [-0.2, -0.15) is 13.2 Å². The zero-order valence-electron chi connectivity index (χ0n) is 11.4. The van der Waals surface area contributed by atoms with Crippen LogP contribution in [0.2, 0.25) is 0 Å². The number of rotatable bonds is 3. The fourth-order valence-corrected chi connectivity index (χ4v) is 2.19. The third-order valence-corrected chi connectivity index (χ3v) is 3.52. The van der Waals surface area contributed by atoms with Gasteiger partial charge in [0.05, 0.1) is 5.56 Å². The van der Waals surface area contributed by atoms with E-state index in [1.807, 2.05) is 0 Å². The maximum absolute atomic E-state index is 13.6. The SMILES string of the molecule is CC1(C(=O)NCc2ccc(C(F)(F)F)cc2F)CCCO1. The molecule has 1 aromatic rings. The molecule has 116 valence electrons. The van der Waals surface area contributed by atoms with Crippen molar-refractivity contribution < 1.29 is 27.1 Å². The molecule has 2 rings (SSSR count). The first-order valence-electron chi connectivity index (χ1n) is 6.50. The molecule has 1 saturated heterocycles. The number of carbonyl (C=O) groups excluding carboxylic acids is 1. The van der Waals surface area contributed by atoms with Crippen LogP contribution in [0.25, 0.3) is 0 Å². The van der Waals surface area contributed by atoms with Crippen molar-refractivity contribution in [3.63, 3.8) is 0 Å². The molecule has 1 unspecified atom stereocenters. The zero-order chi connectivity index (χ0) is 15.7. The first-order valence-corrected chi connectivity index (χ1v) is 6.50. The van der Waals surface area contributed by atoms with Crippen LogP contribution in [0.4, 0.5) is 17.6 Å². The number of nitrogens with one attached hydrogen (secondary N) is 1. The molecule has 3 nitrogen and oxygen atoms in total. The predicted octanol–water partition coefficient (Wildman–Crippen LogP) is 3.03. The highest BCUT2D eigenvalue weighted by Crippen LogP contribution is 2.30. The van der Waals surface area contributed by atoms with Crippen LogP contribution in [0, 0.1) is 5.82 Å². The molecule has 1 amide bonds. The van der Waals surface area contributed by atoms with E-state index in [-0.39, 0.29) is 18.0 Å². The van der Waals surface area contributed by atoms with Crippen molar-refractivity contribution in [2.45, 2.75) is 38.1 Å². The van der Waals surface area contributed by atoms with Crippen LogP contribution < -0.4 is 5.32 Å². The molecule has 1 aliphatic heterocycles. The predicted molar refractivity (Wildman–Crippen MR) is 66.8 cm³/mol. The fraction of sp³-hybridized carbons (Fsp3) is 0.500. The second kappa shape index (κ2) is 5.63. The van der Waals surface area contributed by atoms with Gasteiger partial charge >= 0.3 is 6.18 Å². The van der Waals surface area contributed by atoms with Crippen molar-refractivity contribution in [2.75, 3.05) is 6.61 Å². The Balaban J connectivity index is 2.02. The Kier molecular flexibility index (Phi) is 4.22. The third kappa shape index (κ3) is 3.53. The molecule has 1 aromatic carbocycles. The summed E-state index contributed by atoms with van der Waals surface area (Å²) < 4.78 is 56.2. The molecular weight excluding hydrogens is 290 g/mol. The lowest BCUT2D eigenvalue weighted by atomic mass is 10.0. The maximum Gasteiger partial charge on any atom is 0.416 e. The molecule has 21 heavy (non-hydrogen) atoms. The molecule has 0 spiro atoms. The summed E-state index contributed by atoms with van der Waals surface area (Å²) in [6.45, 7) is 1.94.